The van der Waals surface area contributed by atoms with E-state index in [1.54, 1.807) is 0 Å². The van der Waals surface area contributed by atoms with Crippen molar-refractivity contribution in [2.45, 2.75) is 12.5 Å². The van der Waals surface area contributed by atoms with Gasteiger partial charge >= 0.3 is 0 Å². The molecule has 0 saturated carbocycles. The number of benzene rings is 5. The van der Waals surface area contributed by atoms with Crippen molar-refractivity contribution in [3.63, 3.8) is 0 Å². The predicted molar refractivity (Wildman–Crippen MR) is 177 cm³/mol. The highest BCUT2D eigenvalue weighted by Crippen LogP contribution is 2.49. The fraction of sp³-hybridized carbons (Fsp3) is 0.0526. The summed E-state index contributed by atoms with van der Waals surface area (Å²) in [5, 5.41) is 8.86. The van der Waals surface area contributed by atoms with Crippen molar-refractivity contribution < 1.29 is 0 Å². The summed E-state index contributed by atoms with van der Waals surface area (Å²) >= 11 is 0. The van der Waals surface area contributed by atoms with Crippen LogP contribution < -0.4 is 5.32 Å². The molecule has 5 nitrogen and oxygen atoms in total. The molecular formula is C38H25N5. The lowest BCUT2D eigenvalue weighted by molar-refractivity contribution is 0.737. The molecule has 0 spiro atoms. The molecule has 5 aromatic carbocycles. The van der Waals surface area contributed by atoms with Crippen molar-refractivity contribution in [1.29, 1.82) is 0 Å². The Balaban J connectivity index is 1.28. The van der Waals surface area contributed by atoms with Crippen molar-refractivity contribution in [1.82, 2.24) is 14.1 Å². The smallest absolute Gasteiger partial charge is 0.144 e. The number of hydrogen-bond donors (Lipinski definition) is 1. The molecule has 1 N–H and O–H groups in total. The molecule has 1 unspecified atom stereocenters. The van der Waals surface area contributed by atoms with E-state index in [-0.39, 0.29) is 0 Å². The zero-order chi connectivity index (χ0) is 28.3. The second-order valence-electron chi connectivity index (χ2n) is 11.8. The average Bonchev–Trinajstić information content (AvgIpc) is 3.65. The highest BCUT2D eigenvalue weighted by molar-refractivity contribution is 6.26. The summed E-state index contributed by atoms with van der Waals surface area (Å²) in [6, 6.07) is 41.4. The minimum Gasteiger partial charge on any atom is -0.367 e. The molecular weight excluding hydrogens is 526 g/mol. The monoisotopic (exact) mass is 551 g/mol. The van der Waals surface area contributed by atoms with Crippen LogP contribution in [0.5, 0.6) is 0 Å². The van der Waals surface area contributed by atoms with Gasteiger partial charge in [0.1, 0.15) is 11.4 Å². The lowest BCUT2D eigenvalue weighted by Gasteiger charge is -2.33. The van der Waals surface area contributed by atoms with Crippen molar-refractivity contribution in [2.75, 3.05) is 5.32 Å². The van der Waals surface area contributed by atoms with Crippen LogP contribution in [0, 0.1) is 0 Å². The van der Waals surface area contributed by atoms with Gasteiger partial charge < -0.3 is 9.88 Å². The first kappa shape index (κ1) is 22.9. The van der Waals surface area contributed by atoms with Gasteiger partial charge in [0, 0.05) is 45.2 Å². The quantitative estimate of drug-likeness (QED) is 0.233. The van der Waals surface area contributed by atoms with E-state index in [1.165, 1.54) is 49.2 Å². The minimum atomic E-state index is -0.415. The van der Waals surface area contributed by atoms with E-state index in [1.807, 2.05) is 18.5 Å². The van der Waals surface area contributed by atoms with Crippen LogP contribution in [0.4, 0.5) is 11.4 Å². The molecule has 1 atom stereocenters. The highest BCUT2D eigenvalue weighted by Gasteiger charge is 2.45. The first-order valence-electron chi connectivity index (χ1n) is 14.7. The summed E-state index contributed by atoms with van der Waals surface area (Å²) in [6.07, 6.45) is 3.72. The van der Waals surface area contributed by atoms with Gasteiger partial charge in [-0.25, -0.2) is 4.99 Å². The van der Waals surface area contributed by atoms with E-state index in [2.05, 4.69) is 136 Å². The Morgan fingerprint density at radius 2 is 1.42 bits per heavy atom. The summed E-state index contributed by atoms with van der Waals surface area (Å²) in [5.41, 5.74) is 11.1. The fourth-order valence-corrected chi connectivity index (χ4v) is 7.45. The first-order valence-corrected chi connectivity index (χ1v) is 14.7. The zero-order valence-electron chi connectivity index (χ0n) is 23.4. The zero-order valence-corrected chi connectivity index (χ0v) is 23.4. The fourth-order valence-electron chi connectivity index (χ4n) is 7.45. The lowest BCUT2D eigenvalue weighted by Crippen LogP contribution is -2.41. The summed E-state index contributed by atoms with van der Waals surface area (Å²) in [4.78, 5) is 9.60. The standard InChI is InChI=1S/C38H25N5/c1-38-30-11-6-10-27-29-20-28-26-9-2-5-14-33(26)42(25-17-15-23(16-18-25)24-8-7-19-39-22-24)34(28)21-35(29)43(36(27)30)37(38)40-31-12-3-4-13-32(31)41-38/h2-22,41H,1H3. The van der Waals surface area contributed by atoms with Crippen LogP contribution in [0.1, 0.15) is 12.5 Å². The van der Waals surface area contributed by atoms with Gasteiger partial charge in [-0.05, 0) is 66.6 Å². The van der Waals surface area contributed by atoms with E-state index in [4.69, 9.17) is 4.99 Å². The first-order chi connectivity index (χ1) is 21.2. The molecule has 8 aromatic rings. The van der Waals surface area contributed by atoms with Gasteiger partial charge in [0.2, 0.25) is 0 Å². The van der Waals surface area contributed by atoms with Crippen molar-refractivity contribution in [3.8, 4) is 16.8 Å². The number of aliphatic imine (C=N–C) groups is 1. The van der Waals surface area contributed by atoms with Crippen LogP contribution in [0.15, 0.2) is 133 Å². The Bertz CT molecular complexity index is 2480. The average molecular weight is 552 g/mol. The third kappa shape index (κ3) is 2.91. The molecule has 5 heterocycles. The maximum absolute atomic E-state index is 5.29. The predicted octanol–water partition coefficient (Wildman–Crippen LogP) is 9.19. The maximum atomic E-state index is 5.29. The van der Waals surface area contributed by atoms with Crippen LogP contribution in [0.2, 0.25) is 0 Å². The van der Waals surface area contributed by atoms with Crippen molar-refractivity contribution in [3.05, 3.63) is 133 Å². The van der Waals surface area contributed by atoms with E-state index >= 15 is 0 Å². The number of para-hydroxylation sites is 4. The van der Waals surface area contributed by atoms with Gasteiger partial charge in [-0.3, -0.25) is 9.55 Å². The maximum Gasteiger partial charge on any atom is 0.144 e. The molecule has 0 bridgehead atoms. The van der Waals surface area contributed by atoms with E-state index < -0.39 is 5.54 Å². The number of aromatic nitrogens is 3. The van der Waals surface area contributed by atoms with E-state index in [0.717, 1.165) is 34.0 Å². The third-order valence-corrected chi connectivity index (χ3v) is 9.41. The Morgan fingerprint density at radius 3 is 2.30 bits per heavy atom. The molecule has 0 fully saturated rings. The Labute approximate surface area is 247 Å². The second kappa shape index (κ2) is 7.99. The summed E-state index contributed by atoms with van der Waals surface area (Å²) in [6.45, 7) is 2.26. The van der Waals surface area contributed by atoms with Crippen molar-refractivity contribution >= 4 is 60.8 Å². The van der Waals surface area contributed by atoms with Crippen LogP contribution in [-0.2, 0) is 5.54 Å². The van der Waals surface area contributed by atoms with Crippen LogP contribution in [0.25, 0.3) is 60.4 Å². The van der Waals surface area contributed by atoms with Gasteiger partial charge in [-0.15, -0.1) is 0 Å². The van der Waals surface area contributed by atoms with Gasteiger partial charge in [-0.1, -0.05) is 66.7 Å². The molecule has 2 aliphatic rings. The number of nitrogens with one attached hydrogen (secondary N) is 1. The van der Waals surface area contributed by atoms with E-state index in [0.29, 0.717) is 0 Å². The SMILES string of the molecule is CC12Nc3ccccc3N=C1n1c3cc4c(cc3c3cccc2c31)c1ccccc1n4-c1ccc(-c2cccnc2)cc1. The molecule has 2 aliphatic heterocycles. The van der Waals surface area contributed by atoms with E-state index in [9.17, 15) is 0 Å². The van der Waals surface area contributed by atoms with Gasteiger partial charge in [0.05, 0.1) is 33.4 Å². The number of nitrogens with zero attached hydrogens (tertiary/aromatic N) is 4. The normalized spacial score (nSPS) is 16.9. The number of anilines is 1. The topological polar surface area (TPSA) is 47.1 Å². The van der Waals surface area contributed by atoms with Gasteiger partial charge in [0.25, 0.3) is 0 Å². The minimum absolute atomic E-state index is 0.415. The van der Waals surface area contributed by atoms with Crippen LogP contribution in [-0.4, -0.2) is 20.0 Å². The molecule has 202 valence electrons. The molecule has 10 rings (SSSR count). The molecule has 0 radical (unpaired) electrons. The molecule has 43 heavy (non-hydrogen) atoms. The summed E-state index contributed by atoms with van der Waals surface area (Å²) in [5.74, 6) is 1.02. The van der Waals surface area contributed by atoms with Crippen LogP contribution >= 0.6 is 0 Å². The highest BCUT2D eigenvalue weighted by atomic mass is 15.2. The molecule has 0 aliphatic carbocycles. The lowest BCUT2D eigenvalue weighted by atomic mass is 9.89. The largest absolute Gasteiger partial charge is 0.367 e. The Hall–Kier alpha value is -5.68. The molecule has 0 amide bonds. The summed E-state index contributed by atoms with van der Waals surface area (Å²) in [7, 11) is 0. The number of hydrogen-bond acceptors (Lipinski definition) is 3. The molecule has 3 aromatic heterocycles. The number of fused-ring (bicyclic) bond motifs is 10. The van der Waals surface area contributed by atoms with Crippen molar-refractivity contribution in [2.24, 2.45) is 4.99 Å². The number of pyridine rings is 1. The Morgan fingerprint density at radius 1 is 0.628 bits per heavy atom. The third-order valence-electron chi connectivity index (χ3n) is 9.41. The molecule has 5 heteroatoms. The van der Waals surface area contributed by atoms with Gasteiger partial charge in [0.15, 0.2) is 0 Å². The summed E-state index contributed by atoms with van der Waals surface area (Å²) < 4.78 is 4.79. The van der Waals surface area contributed by atoms with Crippen LogP contribution in [0.3, 0.4) is 0 Å². The number of rotatable bonds is 2. The van der Waals surface area contributed by atoms with Gasteiger partial charge in [-0.2, -0.15) is 0 Å². The molecule has 0 saturated heterocycles. The second-order valence-corrected chi connectivity index (χ2v) is 11.8. The Kier molecular flexibility index (Phi) is 4.26.